The number of unbranched alkanes of at least 4 members (excludes halogenated alkanes) is 2. The molecule has 1 rings (SSSR count). The Kier molecular flexibility index (Phi) is 6.61. The Morgan fingerprint density at radius 2 is 2.06 bits per heavy atom. The minimum absolute atomic E-state index is 0.215. The van der Waals surface area contributed by atoms with Gasteiger partial charge in [-0.2, -0.15) is 0 Å². The van der Waals surface area contributed by atoms with Crippen molar-refractivity contribution in [3.63, 3.8) is 0 Å². The predicted molar refractivity (Wildman–Crippen MR) is 79.9 cm³/mol. The van der Waals surface area contributed by atoms with E-state index in [0.717, 1.165) is 6.54 Å². The van der Waals surface area contributed by atoms with Crippen molar-refractivity contribution < 1.29 is 0 Å². The van der Waals surface area contributed by atoms with E-state index in [4.69, 9.17) is 5.73 Å². The SMILES string of the molecule is CCCCCC(C)(CN)N1CCCC1CN(C)C. The second-order valence-corrected chi connectivity index (χ2v) is 6.41. The monoisotopic (exact) mass is 255 g/mol. The van der Waals surface area contributed by atoms with Gasteiger partial charge in [0.25, 0.3) is 0 Å². The molecule has 0 radical (unpaired) electrons. The van der Waals surface area contributed by atoms with Gasteiger partial charge in [0.05, 0.1) is 0 Å². The molecule has 1 aliphatic rings. The highest BCUT2D eigenvalue weighted by atomic mass is 15.3. The Bertz CT molecular complexity index is 230. The summed E-state index contributed by atoms with van der Waals surface area (Å²) in [6.45, 7) is 7.84. The molecule has 1 saturated heterocycles. The predicted octanol–water partition coefficient (Wildman–Crippen LogP) is 2.31. The zero-order chi connectivity index (χ0) is 13.6. The molecule has 3 heteroatoms. The van der Waals surface area contributed by atoms with Gasteiger partial charge in [0.2, 0.25) is 0 Å². The van der Waals surface area contributed by atoms with Crippen LogP contribution in [0.5, 0.6) is 0 Å². The molecule has 1 aliphatic heterocycles. The van der Waals surface area contributed by atoms with Gasteiger partial charge in [0, 0.05) is 24.7 Å². The highest BCUT2D eigenvalue weighted by molar-refractivity contribution is 4.95. The number of nitrogens with two attached hydrogens (primary N) is 1. The summed E-state index contributed by atoms with van der Waals surface area (Å²) in [5.74, 6) is 0. The maximum atomic E-state index is 6.11. The number of likely N-dealkylation sites (N-methyl/N-ethyl adjacent to an activating group) is 1. The highest BCUT2D eigenvalue weighted by Crippen LogP contribution is 2.30. The Morgan fingerprint density at radius 1 is 1.33 bits per heavy atom. The molecule has 108 valence electrons. The van der Waals surface area contributed by atoms with Crippen LogP contribution in [0.15, 0.2) is 0 Å². The fraction of sp³-hybridized carbons (Fsp3) is 1.00. The second-order valence-electron chi connectivity index (χ2n) is 6.41. The van der Waals surface area contributed by atoms with E-state index in [9.17, 15) is 0 Å². The van der Waals surface area contributed by atoms with Crippen LogP contribution in [0.2, 0.25) is 0 Å². The summed E-state index contributed by atoms with van der Waals surface area (Å²) in [7, 11) is 4.35. The lowest BCUT2D eigenvalue weighted by atomic mass is 9.91. The van der Waals surface area contributed by atoms with Crippen LogP contribution in [0.1, 0.15) is 52.4 Å². The first kappa shape index (κ1) is 15.9. The lowest BCUT2D eigenvalue weighted by molar-refractivity contribution is 0.0722. The first-order chi connectivity index (χ1) is 8.53. The number of likely N-dealkylation sites (tertiary alicyclic amines) is 1. The number of hydrogen-bond acceptors (Lipinski definition) is 3. The molecule has 0 aromatic heterocycles. The van der Waals surface area contributed by atoms with E-state index in [-0.39, 0.29) is 5.54 Å². The van der Waals surface area contributed by atoms with Crippen molar-refractivity contribution in [2.45, 2.75) is 64.0 Å². The molecule has 1 heterocycles. The van der Waals surface area contributed by atoms with E-state index in [1.165, 1.54) is 51.6 Å². The summed E-state index contributed by atoms with van der Waals surface area (Å²) < 4.78 is 0. The molecular weight excluding hydrogens is 222 g/mol. The zero-order valence-electron chi connectivity index (χ0n) is 12.9. The third-order valence-corrected chi connectivity index (χ3v) is 4.41. The Hall–Kier alpha value is -0.120. The van der Waals surface area contributed by atoms with Crippen LogP contribution >= 0.6 is 0 Å². The smallest absolute Gasteiger partial charge is 0.0307 e. The van der Waals surface area contributed by atoms with Crippen LogP contribution in [-0.4, -0.2) is 55.1 Å². The van der Waals surface area contributed by atoms with Crippen molar-refractivity contribution in [3.8, 4) is 0 Å². The molecule has 0 aliphatic carbocycles. The summed E-state index contributed by atoms with van der Waals surface area (Å²) in [5, 5.41) is 0. The van der Waals surface area contributed by atoms with Crippen LogP contribution in [0.4, 0.5) is 0 Å². The van der Waals surface area contributed by atoms with Crippen LogP contribution in [0.25, 0.3) is 0 Å². The fourth-order valence-electron chi connectivity index (χ4n) is 3.28. The molecule has 0 aromatic carbocycles. The van der Waals surface area contributed by atoms with E-state index >= 15 is 0 Å². The van der Waals surface area contributed by atoms with Gasteiger partial charge in [-0.15, -0.1) is 0 Å². The van der Waals surface area contributed by atoms with Crippen molar-refractivity contribution in [2.75, 3.05) is 33.7 Å². The first-order valence-electron chi connectivity index (χ1n) is 7.65. The fourth-order valence-corrected chi connectivity index (χ4v) is 3.28. The van der Waals surface area contributed by atoms with Crippen molar-refractivity contribution in [1.82, 2.24) is 9.80 Å². The van der Waals surface area contributed by atoms with Crippen LogP contribution in [-0.2, 0) is 0 Å². The van der Waals surface area contributed by atoms with Gasteiger partial charge >= 0.3 is 0 Å². The molecule has 2 N–H and O–H groups in total. The van der Waals surface area contributed by atoms with E-state index in [0.29, 0.717) is 6.04 Å². The quantitative estimate of drug-likeness (QED) is 0.676. The van der Waals surface area contributed by atoms with Gasteiger partial charge < -0.3 is 10.6 Å². The van der Waals surface area contributed by atoms with Crippen LogP contribution in [0, 0.1) is 0 Å². The Balaban J connectivity index is 2.60. The lowest BCUT2D eigenvalue weighted by Gasteiger charge is -2.43. The molecule has 3 nitrogen and oxygen atoms in total. The summed E-state index contributed by atoms with van der Waals surface area (Å²) in [4.78, 5) is 5.01. The third kappa shape index (κ3) is 4.22. The van der Waals surface area contributed by atoms with Crippen molar-refractivity contribution in [2.24, 2.45) is 5.73 Å². The summed E-state index contributed by atoms with van der Waals surface area (Å²) >= 11 is 0. The Labute approximate surface area is 114 Å². The molecule has 0 amide bonds. The number of nitrogens with zero attached hydrogens (tertiary/aromatic N) is 2. The number of rotatable bonds is 8. The zero-order valence-corrected chi connectivity index (χ0v) is 12.9. The molecule has 1 fully saturated rings. The van der Waals surface area contributed by atoms with E-state index in [2.05, 4.69) is 37.7 Å². The van der Waals surface area contributed by atoms with Crippen LogP contribution in [0.3, 0.4) is 0 Å². The number of hydrogen-bond donors (Lipinski definition) is 1. The van der Waals surface area contributed by atoms with Gasteiger partial charge in [-0.25, -0.2) is 0 Å². The van der Waals surface area contributed by atoms with Gasteiger partial charge in [-0.05, 0) is 46.8 Å². The largest absolute Gasteiger partial charge is 0.329 e. The molecule has 0 aromatic rings. The van der Waals surface area contributed by atoms with Crippen molar-refractivity contribution in [3.05, 3.63) is 0 Å². The second kappa shape index (κ2) is 7.46. The maximum absolute atomic E-state index is 6.11. The van der Waals surface area contributed by atoms with E-state index < -0.39 is 0 Å². The molecule has 0 spiro atoms. The maximum Gasteiger partial charge on any atom is 0.0307 e. The molecular formula is C15H33N3. The Morgan fingerprint density at radius 3 is 2.61 bits per heavy atom. The summed E-state index contributed by atoms with van der Waals surface area (Å²) in [6, 6.07) is 0.704. The van der Waals surface area contributed by atoms with Gasteiger partial charge in [-0.3, -0.25) is 4.90 Å². The molecule has 2 atom stereocenters. The van der Waals surface area contributed by atoms with E-state index in [1.54, 1.807) is 0 Å². The van der Waals surface area contributed by atoms with Crippen molar-refractivity contribution >= 4 is 0 Å². The van der Waals surface area contributed by atoms with E-state index in [1.807, 2.05) is 0 Å². The third-order valence-electron chi connectivity index (χ3n) is 4.41. The average molecular weight is 255 g/mol. The van der Waals surface area contributed by atoms with Gasteiger partial charge in [0.1, 0.15) is 0 Å². The van der Waals surface area contributed by atoms with Gasteiger partial charge in [0.15, 0.2) is 0 Å². The summed E-state index contributed by atoms with van der Waals surface area (Å²) in [6.07, 6.45) is 7.86. The highest BCUT2D eigenvalue weighted by Gasteiger charge is 2.37. The standard InChI is InChI=1S/C15H33N3/c1-5-6-7-10-15(2,13-16)18-11-8-9-14(18)12-17(3)4/h14H,5-13,16H2,1-4H3. The topological polar surface area (TPSA) is 32.5 Å². The average Bonchev–Trinajstić information content (AvgIpc) is 2.77. The molecule has 0 saturated carbocycles. The molecule has 2 unspecified atom stereocenters. The lowest BCUT2D eigenvalue weighted by Crippen LogP contribution is -2.55. The molecule has 0 bridgehead atoms. The minimum atomic E-state index is 0.215. The molecule has 18 heavy (non-hydrogen) atoms. The van der Waals surface area contributed by atoms with Gasteiger partial charge in [-0.1, -0.05) is 26.2 Å². The van der Waals surface area contributed by atoms with Crippen molar-refractivity contribution in [1.29, 1.82) is 0 Å². The normalized spacial score (nSPS) is 24.7. The van der Waals surface area contributed by atoms with Crippen LogP contribution < -0.4 is 5.73 Å². The first-order valence-corrected chi connectivity index (χ1v) is 7.65. The summed E-state index contributed by atoms with van der Waals surface area (Å²) in [5.41, 5.74) is 6.32. The minimum Gasteiger partial charge on any atom is -0.329 e.